The van der Waals surface area contributed by atoms with E-state index in [-0.39, 0.29) is 17.9 Å². The number of carbonyl (C=O) groups is 2. The van der Waals surface area contributed by atoms with Crippen molar-refractivity contribution in [2.75, 3.05) is 13.6 Å². The van der Waals surface area contributed by atoms with Crippen LogP contribution < -0.4 is 9.47 Å². The van der Waals surface area contributed by atoms with Crippen molar-refractivity contribution in [2.45, 2.75) is 106 Å². The van der Waals surface area contributed by atoms with Crippen LogP contribution in [-0.2, 0) is 35.8 Å². The molecule has 16 nitrogen and oxygen atoms in total. The van der Waals surface area contributed by atoms with Crippen molar-refractivity contribution in [3.63, 3.8) is 0 Å². The van der Waals surface area contributed by atoms with Gasteiger partial charge >= 0.3 is 11.9 Å². The van der Waals surface area contributed by atoms with Crippen LogP contribution in [0.1, 0.15) is 31.4 Å². The second-order valence-corrected chi connectivity index (χ2v) is 12.0. The van der Waals surface area contributed by atoms with Crippen LogP contribution in [-0.4, -0.2) is 145 Å². The average molecular weight is 642 g/mol. The molecule has 13 atom stereocenters. The maximum atomic E-state index is 11.6. The standard InChI is InChI=1S/C29H39NO15/c1-4-30(3)10-11-5-6-13(42-28-21(36)17(32)19(34)24(45-28)26(39)40)22-15(11)29(2)8-7-12(9-14(29)43-22)41-27-20(35)16(31)18(33)23(44-27)25(37)38/h5-8,12,14,16-21,23-24,27-28,31-36H,4,9-10H2,1-3H3,(H,37,38)(H,39,40)/t12-,14-,16-,17-,18-,19-,20+,21+,23-,24-,27+,28+,29+/m0/s1. The number of aliphatic hydroxyl groups is 6. The quantitative estimate of drug-likeness (QED) is 0.132. The summed E-state index contributed by atoms with van der Waals surface area (Å²) < 4.78 is 28.8. The molecule has 1 aromatic carbocycles. The Balaban J connectivity index is 1.42. The summed E-state index contributed by atoms with van der Waals surface area (Å²) in [4.78, 5) is 25.2. The zero-order chi connectivity index (χ0) is 33.0. The van der Waals surface area contributed by atoms with E-state index < -0.39 is 91.0 Å². The van der Waals surface area contributed by atoms with E-state index in [1.807, 2.05) is 27.0 Å². The second kappa shape index (κ2) is 12.7. The fourth-order valence-corrected chi connectivity index (χ4v) is 6.16. The summed E-state index contributed by atoms with van der Waals surface area (Å²) in [6, 6.07) is 3.37. The molecule has 1 aromatic rings. The van der Waals surface area contributed by atoms with Crippen molar-refractivity contribution >= 4 is 11.9 Å². The number of fused-ring (bicyclic) bond motifs is 3. The van der Waals surface area contributed by atoms with Crippen molar-refractivity contribution < 1.29 is 74.1 Å². The van der Waals surface area contributed by atoms with Crippen LogP contribution in [0, 0.1) is 0 Å². The summed E-state index contributed by atoms with van der Waals surface area (Å²) in [5.41, 5.74) is 0.848. The van der Waals surface area contributed by atoms with Gasteiger partial charge in [0, 0.05) is 18.5 Å². The molecule has 4 aliphatic rings. The molecule has 3 heterocycles. The summed E-state index contributed by atoms with van der Waals surface area (Å²) in [7, 11) is 1.93. The number of aliphatic hydroxyl groups excluding tert-OH is 6. The fourth-order valence-electron chi connectivity index (χ4n) is 6.16. The molecule has 0 amide bonds. The van der Waals surface area contributed by atoms with Crippen LogP contribution in [0.4, 0.5) is 0 Å². The molecule has 8 N–H and O–H groups in total. The molecule has 0 radical (unpaired) electrons. The van der Waals surface area contributed by atoms with E-state index >= 15 is 0 Å². The van der Waals surface area contributed by atoms with E-state index in [0.29, 0.717) is 6.54 Å². The second-order valence-electron chi connectivity index (χ2n) is 12.0. The molecule has 5 rings (SSSR count). The zero-order valence-corrected chi connectivity index (χ0v) is 24.7. The minimum absolute atomic E-state index is 0.0821. The van der Waals surface area contributed by atoms with Crippen molar-refractivity contribution in [3.05, 3.63) is 35.4 Å². The van der Waals surface area contributed by atoms with Crippen LogP contribution >= 0.6 is 0 Å². The molecule has 2 fully saturated rings. The number of carboxylic acid groups (broad SMARTS) is 2. The Hall–Kier alpha value is -2.90. The van der Waals surface area contributed by atoms with E-state index in [4.69, 9.17) is 23.7 Å². The number of ether oxygens (including phenoxy) is 5. The number of hydrogen-bond acceptors (Lipinski definition) is 14. The van der Waals surface area contributed by atoms with Gasteiger partial charge in [-0.05, 0) is 32.1 Å². The summed E-state index contributed by atoms with van der Waals surface area (Å²) in [6.45, 7) is 5.18. The first-order chi connectivity index (χ1) is 21.2. The van der Waals surface area contributed by atoms with Crippen molar-refractivity contribution in [2.24, 2.45) is 0 Å². The van der Waals surface area contributed by atoms with Gasteiger partial charge in [0.2, 0.25) is 6.29 Å². The first-order valence-corrected chi connectivity index (χ1v) is 14.6. The van der Waals surface area contributed by atoms with Crippen LogP contribution in [0.3, 0.4) is 0 Å². The van der Waals surface area contributed by atoms with Crippen molar-refractivity contribution in [3.8, 4) is 11.5 Å². The Morgan fingerprint density at radius 3 is 2.07 bits per heavy atom. The molecule has 0 bridgehead atoms. The van der Waals surface area contributed by atoms with Gasteiger partial charge in [-0.1, -0.05) is 25.1 Å². The minimum Gasteiger partial charge on any atom is -0.485 e. The van der Waals surface area contributed by atoms with Gasteiger partial charge in [0.1, 0.15) is 42.7 Å². The highest BCUT2D eigenvalue weighted by atomic mass is 16.7. The smallest absolute Gasteiger partial charge is 0.335 e. The number of aliphatic carboxylic acids is 2. The number of rotatable bonds is 9. The minimum atomic E-state index is -1.89. The Morgan fingerprint density at radius 1 is 0.911 bits per heavy atom. The predicted molar refractivity (Wildman–Crippen MR) is 148 cm³/mol. The van der Waals surface area contributed by atoms with E-state index in [1.54, 1.807) is 18.2 Å². The van der Waals surface area contributed by atoms with Crippen molar-refractivity contribution in [1.82, 2.24) is 4.90 Å². The topological polar surface area (TPSA) is 245 Å². The normalized spacial score (nSPS) is 40.8. The Morgan fingerprint density at radius 2 is 1.49 bits per heavy atom. The van der Waals surface area contributed by atoms with Gasteiger partial charge in [-0.2, -0.15) is 0 Å². The monoisotopic (exact) mass is 641 g/mol. The predicted octanol–water partition coefficient (Wildman–Crippen LogP) is -2.33. The number of nitrogens with zero attached hydrogens (tertiary/aromatic N) is 1. The molecule has 0 unspecified atom stereocenters. The van der Waals surface area contributed by atoms with E-state index in [0.717, 1.165) is 17.7 Å². The Labute approximate surface area is 257 Å². The fraction of sp³-hybridized carbons (Fsp3) is 0.655. The molecule has 0 saturated carbocycles. The van der Waals surface area contributed by atoms with Gasteiger partial charge in [0.25, 0.3) is 0 Å². The third kappa shape index (κ3) is 6.03. The molecular formula is C29H39NO15. The van der Waals surface area contributed by atoms with Crippen LogP contribution in [0.15, 0.2) is 24.3 Å². The van der Waals surface area contributed by atoms with Gasteiger partial charge < -0.3 is 69.4 Å². The highest BCUT2D eigenvalue weighted by Crippen LogP contribution is 2.53. The molecule has 1 aliphatic carbocycles. The van der Waals surface area contributed by atoms with Gasteiger partial charge in [-0.25, -0.2) is 9.59 Å². The SMILES string of the molecule is CCN(C)Cc1ccc(O[C@@H]2O[C@H](C(=O)O)[C@@H](O)[C@H](O)[C@H]2O)c2c1[C@]1(C)C=C[C@H](O[C@@H]3O[C@H](C(=O)O)[C@@H](O)[C@H](O)[C@H]3O)C[C@@H]1O2. The number of carboxylic acids is 2. The molecule has 0 spiro atoms. The summed E-state index contributed by atoms with van der Waals surface area (Å²) >= 11 is 0. The highest BCUT2D eigenvalue weighted by molar-refractivity contribution is 5.74. The van der Waals surface area contributed by atoms with Crippen molar-refractivity contribution in [1.29, 1.82) is 0 Å². The maximum absolute atomic E-state index is 11.6. The summed E-state index contributed by atoms with van der Waals surface area (Å²) in [5.74, 6) is -2.74. The first kappa shape index (κ1) is 33.5. The zero-order valence-electron chi connectivity index (χ0n) is 24.7. The van der Waals surface area contributed by atoms with Gasteiger partial charge in [-0.3, -0.25) is 0 Å². The lowest BCUT2D eigenvalue weighted by atomic mass is 9.72. The molecular weight excluding hydrogens is 602 g/mol. The molecule has 3 aliphatic heterocycles. The Kier molecular flexibility index (Phi) is 9.45. The lowest BCUT2D eigenvalue weighted by Gasteiger charge is -2.41. The lowest BCUT2D eigenvalue weighted by Crippen LogP contribution is -2.61. The number of hydrogen-bond donors (Lipinski definition) is 8. The van der Waals surface area contributed by atoms with Gasteiger partial charge in [0.15, 0.2) is 30.0 Å². The van der Waals surface area contributed by atoms with E-state index in [1.165, 1.54) is 0 Å². The van der Waals surface area contributed by atoms with Crippen LogP contribution in [0.25, 0.3) is 0 Å². The van der Waals surface area contributed by atoms with E-state index in [2.05, 4.69) is 4.90 Å². The molecule has 45 heavy (non-hydrogen) atoms. The van der Waals surface area contributed by atoms with Crippen LogP contribution in [0.2, 0.25) is 0 Å². The lowest BCUT2D eigenvalue weighted by molar-refractivity contribution is -0.302. The van der Waals surface area contributed by atoms with E-state index in [9.17, 15) is 50.4 Å². The van der Waals surface area contributed by atoms with Gasteiger partial charge in [-0.15, -0.1) is 0 Å². The third-order valence-electron chi connectivity index (χ3n) is 8.94. The number of benzene rings is 1. The highest BCUT2D eigenvalue weighted by Gasteiger charge is 2.53. The third-order valence-corrected chi connectivity index (χ3v) is 8.94. The summed E-state index contributed by atoms with van der Waals surface area (Å²) in [5, 5.41) is 80.3. The molecule has 2 saturated heterocycles. The maximum Gasteiger partial charge on any atom is 0.335 e. The first-order valence-electron chi connectivity index (χ1n) is 14.6. The molecule has 250 valence electrons. The largest absolute Gasteiger partial charge is 0.485 e. The molecule has 0 aromatic heterocycles. The van der Waals surface area contributed by atoms with Gasteiger partial charge in [0.05, 0.1) is 11.5 Å². The molecule has 16 heteroatoms. The van der Waals surface area contributed by atoms with Crippen LogP contribution in [0.5, 0.6) is 11.5 Å². The average Bonchev–Trinajstić information content (AvgIpc) is 3.31. The Bertz CT molecular complexity index is 1310. The summed E-state index contributed by atoms with van der Waals surface area (Å²) in [6.07, 6.45) is -15.6.